The van der Waals surface area contributed by atoms with E-state index in [0.717, 1.165) is 0 Å². The number of rotatable bonds is 5. The van der Waals surface area contributed by atoms with Crippen LogP contribution in [0.2, 0.25) is 0 Å². The molecule has 0 saturated carbocycles. The van der Waals surface area contributed by atoms with Crippen LogP contribution in [-0.2, 0) is 10.5 Å². The first-order valence-corrected chi connectivity index (χ1v) is 9.77. The van der Waals surface area contributed by atoms with Crippen molar-refractivity contribution < 1.29 is 18.4 Å². The molecule has 152 valence electrons. The lowest BCUT2D eigenvalue weighted by Gasteiger charge is -2.06. The number of carbonyl (C=O) groups is 1. The molecule has 0 spiro atoms. The summed E-state index contributed by atoms with van der Waals surface area (Å²) in [7, 11) is 1.24. The summed E-state index contributed by atoms with van der Waals surface area (Å²) in [5.41, 5.74) is 1.65. The zero-order chi connectivity index (χ0) is 21.3. The third-order valence-electron chi connectivity index (χ3n) is 4.23. The Balaban J connectivity index is 1.58. The van der Waals surface area contributed by atoms with Crippen molar-refractivity contribution >= 4 is 28.8 Å². The Morgan fingerprint density at radius 2 is 2.00 bits per heavy atom. The number of aryl methyl sites for hydroxylation is 1. The van der Waals surface area contributed by atoms with E-state index < -0.39 is 11.5 Å². The third kappa shape index (κ3) is 3.94. The van der Waals surface area contributed by atoms with Crippen LogP contribution < -0.4 is 5.56 Å². The first kappa shape index (κ1) is 19.8. The molecule has 0 radical (unpaired) electrons. The maximum atomic E-state index is 13.1. The van der Waals surface area contributed by atoms with Gasteiger partial charge in [-0.15, -0.1) is 0 Å². The van der Waals surface area contributed by atoms with Gasteiger partial charge in [0.2, 0.25) is 0 Å². The van der Waals surface area contributed by atoms with Crippen LogP contribution in [0, 0.1) is 12.7 Å². The number of nitrogens with zero attached hydrogens (tertiary/aromatic N) is 3. The standard InChI is InChI=1S/C20H15FN4O4S/c1-10-7-14(19(27)28-2)16-17(22-10)23-20(24-18(16)26)30-9-13-8-15(29-25-13)11-3-5-12(21)6-4-11/h3-8H,9H2,1-2H3,(H,22,23,24,26). The van der Waals surface area contributed by atoms with Crippen LogP contribution in [0.25, 0.3) is 22.4 Å². The molecule has 1 N–H and O–H groups in total. The van der Waals surface area contributed by atoms with Gasteiger partial charge >= 0.3 is 5.97 Å². The van der Waals surface area contributed by atoms with Crippen LogP contribution >= 0.6 is 11.8 Å². The van der Waals surface area contributed by atoms with Crippen molar-refractivity contribution in [2.24, 2.45) is 0 Å². The maximum absolute atomic E-state index is 13.1. The summed E-state index contributed by atoms with van der Waals surface area (Å²) in [6.45, 7) is 1.70. The van der Waals surface area contributed by atoms with Crippen LogP contribution in [-0.4, -0.2) is 33.2 Å². The lowest BCUT2D eigenvalue weighted by atomic mass is 10.1. The molecule has 30 heavy (non-hydrogen) atoms. The Bertz CT molecular complexity index is 1300. The molecule has 0 amide bonds. The van der Waals surface area contributed by atoms with Crippen molar-refractivity contribution in [2.45, 2.75) is 17.8 Å². The lowest BCUT2D eigenvalue weighted by Crippen LogP contribution is -2.16. The zero-order valence-electron chi connectivity index (χ0n) is 15.9. The number of benzene rings is 1. The van der Waals surface area contributed by atoms with E-state index in [0.29, 0.717) is 33.6 Å². The summed E-state index contributed by atoms with van der Waals surface area (Å²) < 4.78 is 23.1. The van der Waals surface area contributed by atoms with E-state index in [2.05, 4.69) is 20.1 Å². The fraction of sp³-hybridized carbons (Fsp3) is 0.150. The highest BCUT2D eigenvalue weighted by Gasteiger charge is 2.18. The molecule has 0 aliphatic rings. The van der Waals surface area contributed by atoms with Crippen molar-refractivity contribution in [3.8, 4) is 11.3 Å². The second-order valence-electron chi connectivity index (χ2n) is 6.35. The first-order chi connectivity index (χ1) is 14.4. The molecular formula is C20H15FN4O4S. The Morgan fingerprint density at radius 1 is 1.23 bits per heavy atom. The number of halogens is 1. The van der Waals surface area contributed by atoms with Gasteiger partial charge in [-0.3, -0.25) is 4.79 Å². The van der Waals surface area contributed by atoms with Crippen molar-refractivity contribution in [1.82, 2.24) is 20.1 Å². The molecule has 0 aliphatic heterocycles. The molecule has 0 atom stereocenters. The predicted octanol–water partition coefficient (Wildman–Crippen LogP) is 3.50. The molecule has 4 rings (SSSR count). The number of ether oxygens (including phenoxy) is 1. The van der Waals surface area contributed by atoms with Crippen LogP contribution in [0.15, 0.2) is 50.9 Å². The second kappa shape index (κ2) is 8.07. The quantitative estimate of drug-likeness (QED) is 0.293. The number of methoxy groups -OCH3 is 1. The van der Waals surface area contributed by atoms with Crippen LogP contribution in [0.4, 0.5) is 4.39 Å². The smallest absolute Gasteiger partial charge is 0.338 e. The molecule has 3 aromatic heterocycles. The molecule has 0 bridgehead atoms. The van der Waals surface area contributed by atoms with Gasteiger partial charge in [0.05, 0.1) is 23.8 Å². The monoisotopic (exact) mass is 426 g/mol. The molecule has 0 saturated heterocycles. The van der Waals surface area contributed by atoms with Crippen molar-refractivity contribution in [3.63, 3.8) is 0 Å². The van der Waals surface area contributed by atoms with Crippen molar-refractivity contribution in [1.29, 1.82) is 0 Å². The van der Waals surface area contributed by atoms with Gasteiger partial charge in [0.25, 0.3) is 5.56 Å². The third-order valence-corrected chi connectivity index (χ3v) is 5.14. The van der Waals surface area contributed by atoms with E-state index >= 15 is 0 Å². The molecule has 0 aliphatic carbocycles. The van der Waals surface area contributed by atoms with Crippen LogP contribution in [0.5, 0.6) is 0 Å². The van der Waals surface area contributed by atoms with Gasteiger partial charge in [0, 0.05) is 23.1 Å². The van der Waals surface area contributed by atoms with E-state index in [4.69, 9.17) is 9.26 Å². The number of thioether (sulfide) groups is 1. The first-order valence-electron chi connectivity index (χ1n) is 8.79. The molecule has 10 heteroatoms. The molecule has 0 fully saturated rings. The van der Waals surface area contributed by atoms with Gasteiger partial charge in [-0.05, 0) is 37.3 Å². The van der Waals surface area contributed by atoms with Crippen molar-refractivity contribution in [3.05, 3.63) is 69.5 Å². The minimum Gasteiger partial charge on any atom is -0.465 e. The molecule has 3 heterocycles. The summed E-state index contributed by atoms with van der Waals surface area (Å²) in [5, 5.41) is 4.40. The Hall–Kier alpha value is -3.53. The summed E-state index contributed by atoms with van der Waals surface area (Å²) in [6, 6.07) is 9.10. The molecule has 1 aromatic carbocycles. The largest absolute Gasteiger partial charge is 0.465 e. The number of pyridine rings is 1. The number of nitrogens with one attached hydrogen (secondary N) is 1. The maximum Gasteiger partial charge on any atom is 0.338 e. The number of H-pyrrole nitrogens is 1. The minimum absolute atomic E-state index is 0.0804. The van der Waals surface area contributed by atoms with E-state index in [1.54, 1.807) is 25.1 Å². The van der Waals surface area contributed by atoms with Gasteiger partial charge in [0.1, 0.15) is 5.82 Å². The number of aromatic nitrogens is 4. The average molecular weight is 426 g/mol. The highest BCUT2D eigenvalue weighted by molar-refractivity contribution is 7.98. The van der Waals surface area contributed by atoms with Gasteiger partial charge in [-0.2, -0.15) is 0 Å². The van der Waals surface area contributed by atoms with Gasteiger partial charge in [-0.1, -0.05) is 16.9 Å². The molecule has 0 unspecified atom stereocenters. The lowest BCUT2D eigenvalue weighted by molar-refractivity contribution is 0.0602. The topological polar surface area (TPSA) is 111 Å². The van der Waals surface area contributed by atoms with E-state index in [-0.39, 0.29) is 22.4 Å². The molecule has 8 nitrogen and oxygen atoms in total. The zero-order valence-corrected chi connectivity index (χ0v) is 16.7. The predicted molar refractivity (Wildman–Crippen MR) is 108 cm³/mol. The second-order valence-corrected chi connectivity index (χ2v) is 7.31. The SMILES string of the molecule is COC(=O)c1cc(C)nc2nc(SCc3cc(-c4ccc(F)cc4)on3)[nH]c(=O)c12. The fourth-order valence-electron chi connectivity index (χ4n) is 2.86. The normalized spacial score (nSPS) is 11.0. The number of carbonyl (C=O) groups excluding carboxylic acids is 1. The van der Waals surface area contributed by atoms with Crippen LogP contribution in [0.3, 0.4) is 0 Å². The van der Waals surface area contributed by atoms with Gasteiger partial charge in [0.15, 0.2) is 16.6 Å². The number of hydrogen-bond acceptors (Lipinski definition) is 8. The Labute approximate surface area is 173 Å². The Kier molecular flexibility index (Phi) is 5.32. The number of aromatic amines is 1. The van der Waals surface area contributed by atoms with E-state index in [1.807, 2.05) is 0 Å². The summed E-state index contributed by atoms with van der Waals surface area (Å²) >= 11 is 1.23. The molecule has 4 aromatic rings. The highest BCUT2D eigenvalue weighted by Crippen LogP contribution is 2.25. The molecular weight excluding hydrogens is 411 g/mol. The summed E-state index contributed by atoms with van der Waals surface area (Å²) in [5.74, 6) is -0.0891. The minimum atomic E-state index is -0.630. The van der Waals surface area contributed by atoms with Crippen molar-refractivity contribution in [2.75, 3.05) is 7.11 Å². The van der Waals surface area contributed by atoms with Gasteiger partial charge in [-0.25, -0.2) is 19.2 Å². The number of esters is 1. The highest BCUT2D eigenvalue weighted by atomic mass is 32.2. The van der Waals surface area contributed by atoms with E-state index in [9.17, 15) is 14.0 Å². The van der Waals surface area contributed by atoms with Crippen LogP contribution in [0.1, 0.15) is 21.7 Å². The summed E-state index contributed by atoms with van der Waals surface area (Å²) in [4.78, 5) is 35.8. The fourth-order valence-corrected chi connectivity index (χ4v) is 3.59. The average Bonchev–Trinajstić information content (AvgIpc) is 3.20. The number of hydrogen-bond donors (Lipinski definition) is 1. The van der Waals surface area contributed by atoms with Gasteiger partial charge < -0.3 is 14.2 Å². The summed E-state index contributed by atoms with van der Waals surface area (Å²) in [6.07, 6.45) is 0. The Morgan fingerprint density at radius 3 is 2.73 bits per heavy atom. The number of fused-ring (bicyclic) bond motifs is 1. The van der Waals surface area contributed by atoms with E-state index in [1.165, 1.54) is 37.1 Å².